The maximum absolute atomic E-state index is 13.2. The van der Waals surface area contributed by atoms with Crippen molar-refractivity contribution in [3.63, 3.8) is 0 Å². The van der Waals surface area contributed by atoms with Crippen molar-refractivity contribution in [3.05, 3.63) is 75.0 Å². The first-order chi connectivity index (χ1) is 16.4. The number of rotatable bonds is 4. The zero-order chi connectivity index (χ0) is 24.0. The number of aromatic nitrogens is 1. The molecule has 0 aliphatic carbocycles. The van der Waals surface area contributed by atoms with Crippen molar-refractivity contribution in [1.29, 1.82) is 5.26 Å². The van der Waals surface area contributed by atoms with Gasteiger partial charge in [0.25, 0.3) is 5.69 Å². The Kier molecular flexibility index (Phi) is 5.20. The summed E-state index contributed by atoms with van der Waals surface area (Å²) in [6, 6.07) is 14.7. The van der Waals surface area contributed by atoms with Crippen molar-refractivity contribution in [2.45, 2.75) is 44.6 Å². The number of hydrogen-bond acceptors (Lipinski definition) is 7. The predicted molar refractivity (Wildman–Crippen MR) is 127 cm³/mol. The van der Waals surface area contributed by atoms with E-state index in [9.17, 15) is 20.2 Å². The second-order valence-electron chi connectivity index (χ2n) is 8.88. The van der Waals surface area contributed by atoms with Crippen LogP contribution in [0.5, 0.6) is 0 Å². The SMILES string of the molecule is CCOC(=O)c1c([C@@]2(C#N)Cc3cc([N+](=O)[O-])ccc3N3CCC[C@H]32)nc2ccccc2c1C. The summed E-state index contributed by atoms with van der Waals surface area (Å²) < 4.78 is 5.42. The van der Waals surface area contributed by atoms with Crippen molar-refractivity contribution in [1.82, 2.24) is 4.98 Å². The van der Waals surface area contributed by atoms with Crippen molar-refractivity contribution < 1.29 is 14.5 Å². The fourth-order valence-electron chi connectivity index (χ4n) is 5.65. The Bertz CT molecular complexity index is 1380. The Morgan fingerprint density at radius 2 is 2.15 bits per heavy atom. The molecular formula is C26H24N4O4. The Hall–Kier alpha value is -3.99. The maximum atomic E-state index is 13.2. The molecule has 0 saturated carbocycles. The molecule has 3 heterocycles. The van der Waals surface area contributed by atoms with E-state index in [1.165, 1.54) is 6.07 Å². The molecule has 3 aromatic rings. The topological polar surface area (TPSA) is 109 Å². The van der Waals surface area contributed by atoms with Gasteiger partial charge in [0.2, 0.25) is 0 Å². The van der Waals surface area contributed by atoms with Gasteiger partial charge in [-0.15, -0.1) is 0 Å². The second kappa shape index (κ2) is 8.10. The number of carbonyl (C=O) groups excluding carboxylic acids is 1. The molecule has 2 aliphatic heterocycles. The van der Waals surface area contributed by atoms with E-state index >= 15 is 0 Å². The van der Waals surface area contributed by atoms with E-state index in [1.807, 2.05) is 31.2 Å². The van der Waals surface area contributed by atoms with Crippen molar-refractivity contribution in [2.75, 3.05) is 18.1 Å². The van der Waals surface area contributed by atoms with Crippen LogP contribution in [0.25, 0.3) is 10.9 Å². The van der Waals surface area contributed by atoms with Crippen LogP contribution in [0, 0.1) is 28.4 Å². The third kappa shape index (κ3) is 3.11. The summed E-state index contributed by atoms with van der Waals surface area (Å²) in [7, 11) is 0. The van der Waals surface area contributed by atoms with E-state index < -0.39 is 16.3 Å². The Labute approximate surface area is 196 Å². The highest BCUT2D eigenvalue weighted by molar-refractivity contribution is 5.99. The maximum Gasteiger partial charge on any atom is 0.340 e. The standard InChI is InChI=1S/C26H24N4O4/c1-3-34-25(31)23-16(2)19-7-4-5-8-20(19)28-24(23)26(15-27)14-17-13-18(30(32)33)10-11-21(17)29-12-6-9-22(26)29/h4-5,7-8,10-11,13,22H,3,6,9,12,14H2,1-2H3/t22-,26+/m0/s1. The number of nitriles is 1. The average Bonchev–Trinajstić information content (AvgIpc) is 3.34. The van der Waals surface area contributed by atoms with E-state index in [0.717, 1.165) is 41.6 Å². The summed E-state index contributed by atoms with van der Waals surface area (Å²) in [4.78, 5) is 31.4. The second-order valence-corrected chi connectivity index (χ2v) is 8.88. The number of para-hydroxylation sites is 1. The highest BCUT2D eigenvalue weighted by Crippen LogP contribution is 2.49. The Balaban J connectivity index is 1.81. The molecule has 2 aromatic carbocycles. The molecule has 0 bridgehead atoms. The highest BCUT2D eigenvalue weighted by atomic mass is 16.6. The van der Waals surface area contributed by atoms with Gasteiger partial charge in [-0.2, -0.15) is 5.26 Å². The number of esters is 1. The lowest BCUT2D eigenvalue weighted by Crippen LogP contribution is -2.53. The smallest absolute Gasteiger partial charge is 0.340 e. The number of nitro benzene ring substituents is 1. The van der Waals surface area contributed by atoms with Crippen molar-refractivity contribution >= 4 is 28.2 Å². The first-order valence-corrected chi connectivity index (χ1v) is 11.4. The molecule has 0 unspecified atom stereocenters. The molecule has 1 saturated heterocycles. The number of hydrogen-bond donors (Lipinski definition) is 0. The van der Waals surface area contributed by atoms with Gasteiger partial charge >= 0.3 is 5.97 Å². The summed E-state index contributed by atoms with van der Waals surface area (Å²) in [5, 5.41) is 23.0. The van der Waals surface area contributed by atoms with E-state index in [2.05, 4.69) is 11.0 Å². The molecule has 1 aromatic heterocycles. The van der Waals surface area contributed by atoms with E-state index in [-0.39, 0.29) is 24.8 Å². The minimum Gasteiger partial charge on any atom is -0.462 e. The summed E-state index contributed by atoms with van der Waals surface area (Å²) >= 11 is 0. The number of carbonyl (C=O) groups is 1. The van der Waals surface area contributed by atoms with Crippen LogP contribution < -0.4 is 4.90 Å². The largest absolute Gasteiger partial charge is 0.462 e. The van der Waals surface area contributed by atoms with Crippen LogP contribution in [0.15, 0.2) is 42.5 Å². The van der Waals surface area contributed by atoms with E-state index in [4.69, 9.17) is 9.72 Å². The molecule has 2 atom stereocenters. The summed E-state index contributed by atoms with van der Waals surface area (Å²) in [6.45, 7) is 4.55. The molecule has 5 rings (SSSR count). The number of nitro groups is 1. The fourth-order valence-corrected chi connectivity index (χ4v) is 5.65. The molecule has 8 heteroatoms. The van der Waals surface area contributed by atoms with Gasteiger partial charge < -0.3 is 9.64 Å². The number of ether oxygens (including phenoxy) is 1. The molecule has 2 aliphatic rings. The minimum absolute atomic E-state index is 0.0171. The van der Waals surface area contributed by atoms with Gasteiger partial charge in [0.1, 0.15) is 5.41 Å². The molecule has 0 amide bonds. The average molecular weight is 457 g/mol. The summed E-state index contributed by atoms with van der Waals surface area (Å²) in [6.07, 6.45) is 1.88. The van der Waals surface area contributed by atoms with Crippen LogP contribution in [0.3, 0.4) is 0 Å². The van der Waals surface area contributed by atoms with Crippen molar-refractivity contribution in [2.24, 2.45) is 0 Å². The number of non-ortho nitro benzene ring substituents is 1. The van der Waals surface area contributed by atoms with Crippen LogP contribution in [-0.2, 0) is 16.6 Å². The predicted octanol–water partition coefficient (Wildman–Crippen LogP) is 4.61. The quantitative estimate of drug-likeness (QED) is 0.320. The highest BCUT2D eigenvalue weighted by Gasteiger charge is 2.53. The van der Waals surface area contributed by atoms with Crippen LogP contribution in [0.2, 0.25) is 0 Å². The third-order valence-corrected chi connectivity index (χ3v) is 7.13. The van der Waals surface area contributed by atoms with Crippen LogP contribution in [0.4, 0.5) is 11.4 Å². The molecule has 8 nitrogen and oxygen atoms in total. The number of aryl methyl sites for hydroxylation is 1. The normalized spacial score (nSPS) is 21.0. The van der Waals surface area contributed by atoms with Crippen LogP contribution in [-0.4, -0.2) is 35.1 Å². The molecular weight excluding hydrogens is 432 g/mol. The van der Waals surface area contributed by atoms with Gasteiger partial charge in [-0.3, -0.25) is 15.1 Å². The zero-order valence-corrected chi connectivity index (χ0v) is 19.1. The lowest BCUT2D eigenvalue weighted by Gasteiger charge is -2.45. The Morgan fingerprint density at radius 3 is 2.88 bits per heavy atom. The Morgan fingerprint density at radius 1 is 1.35 bits per heavy atom. The summed E-state index contributed by atoms with van der Waals surface area (Å²) in [5.41, 5.74) is 2.61. The fraction of sp³-hybridized carbons (Fsp3) is 0.346. The van der Waals surface area contributed by atoms with Gasteiger partial charge in [0.05, 0.1) is 40.4 Å². The first kappa shape index (κ1) is 21.8. The lowest BCUT2D eigenvalue weighted by molar-refractivity contribution is -0.384. The first-order valence-electron chi connectivity index (χ1n) is 11.4. The number of fused-ring (bicyclic) bond motifs is 4. The van der Waals surface area contributed by atoms with Gasteiger partial charge in [0, 0.05) is 36.2 Å². The molecule has 0 spiro atoms. The lowest BCUT2D eigenvalue weighted by atomic mass is 9.68. The molecule has 172 valence electrons. The van der Waals surface area contributed by atoms with E-state index in [1.54, 1.807) is 19.1 Å². The summed E-state index contributed by atoms with van der Waals surface area (Å²) in [5.74, 6) is -0.503. The van der Waals surface area contributed by atoms with Crippen molar-refractivity contribution in [3.8, 4) is 6.07 Å². The monoisotopic (exact) mass is 456 g/mol. The van der Waals surface area contributed by atoms with Crippen LogP contribution >= 0.6 is 0 Å². The number of nitrogens with zero attached hydrogens (tertiary/aromatic N) is 4. The van der Waals surface area contributed by atoms with Crippen LogP contribution in [0.1, 0.15) is 46.9 Å². The number of benzene rings is 2. The molecule has 1 fully saturated rings. The minimum atomic E-state index is -1.16. The third-order valence-electron chi connectivity index (χ3n) is 7.13. The van der Waals surface area contributed by atoms with Gasteiger partial charge in [-0.25, -0.2) is 4.79 Å². The number of pyridine rings is 1. The molecule has 0 N–H and O–H groups in total. The molecule has 34 heavy (non-hydrogen) atoms. The zero-order valence-electron chi connectivity index (χ0n) is 19.1. The molecule has 0 radical (unpaired) electrons. The van der Waals surface area contributed by atoms with Gasteiger partial charge in [-0.05, 0) is 49.9 Å². The van der Waals surface area contributed by atoms with Gasteiger partial charge in [-0.1, -0.05) is 18.2 Å². The van der Waals surface area contributed by atoms with Gasteiger partial charge in [0.15, 0.2) is 0 Å². The van der Waals surface area contributed by atoms with E-state index in [0.29, 0.717) is 16.8 Å². The number of anilines is 1.